The summed E-state index contributed by atoms with van der Waals surface area (Å²) in [4.78, 5) is 22.3. The average molecular weight is 226 g/mol. The SMILES string of the molecule is C#CC(NC(=O)OC)C(=O)NCCCCC. The lowest BCUT2D eigenvalue weighted by atomic mass is 10.2. The van der Waals surface area contributed by atoms with Crippen LogP contribution in [0, 0.1) is 12.3 Å². The molecule has 0 aliphatic heterocycles. The first kappa shape index (κ1) is 14.3. The van der Waals surface area contributed by atoms with Crippen LogP contribution in [0.3, 0.4) is 0 Å². The molecule has 0 aliphatic rings. The smallest absolute Gasteiger partial charge is 0.408 e. The Kier molecular flexibility index (Phi) is 7.68. The predicted molar refractivity (Wildman–Crippen MR) is 60.7 cm³/mol. The molecule has 1 unspecified atom stereocenters. The minimum Gasteiger partial charge on any atom is -0.453 e. The van der Waals surface area contributed by atoms with E-state index in [0.29, 0.717) is 6.54 Å². The molecule has 0 aromatic rings. The summed E-state index contributed by atoms with van der Waals surface area (Å²) < 4.78 is 4.35. The van der Waals surface area contributed by atoms with Crippen molar-refractivity contribution in [2.75, 3.05) is 13.7 Å². The van der Waals surface area contributed by atoms with Gasteiger partial charge in [-0.15, -0.1) is 6.42 Å². The monoisotopic (exact) mass is 226 g/mol. The van der Waals surface area contributed by atoms with Crippen molar-refractivity contribution in [3.05, 3.63) is 0 Å². The largest absolute Gasteiger partial charge is 0.453 e. The first-order valence-corrected chi connectivity index (χ1v) is 5.24. The number of hydrogen-bond donors (Lipinski definition) is 2. The second kappa shape index (κ2) is 8.60. The van der Waals surface area contributed by atoms with Gasteiger partial charge in [-0.05, 0) is 6.42 Å². The fourth-order valence-corrected chi connectivity index (χ4v) is 1.05. The zero-order chi connectivity index (χ0) is 12.4. The molecule has 1 atom stereocenters. The van der Waals surface area contributed by atoms with E-state index in [1.165, 1.54) is 7.11 Å². The maximum absolute atomic E-state index is 11.5. The van der Waals surface area contributed by atoms with Crippen molar-refractivity contribution >= 4 is 12.0 Å². The number of alkyl carbamates (subject to hydrolysis) is 1. The summed E-state index contributed by atoms with van der Waals surface area (Å²) in [6.07, 6.45) is 7.44. The Bertz CT molecular complexity index is 271. The number of hydrogen-bond acceptors (Lipinski definition) is 3. The predicted octanol–water partition coefficient (Wildman–Crippen LogP) is 0.651. The van der Waals surface area contributed by atoms with Crippen LogP contribution >= 0.6 is 0 Å². The van der Waals surface area contributed by atoms with Gasteiger partial charge in [-0.1, -0.05) is 25.7 Å². The van der Waals surface area contributed by atoms with Gasteiger partial charge in [0.05, 0.1) is 7.11 Å². The molecule has 0 aromatic carbocycles. The number of unbranched alkanes of at least 4 members (excludes halogenated alkanes) is 2. The van der Waals surface area contributed by atoms with Crippen molar-refractivity contribution in [1.29, 1.82) is 0 Å². The molecule has 5 heteroatoms. The lowest BCUT2D eigenvalue weighted by Crippen LogP contribution is -2.46. The van der Waals surface area contributed by atoms with E-state index in [9.17, 15) is 9.59 Å². The Morgan fingerprint density at radius 1 is 1.44 bits per heavy atom. The highest BCUT2D eigenvalue weighted by molar-refractivity contribution is 5.88. The molecule has 0 bridgehead atoms. The number of ether oxygens (including phenoxy) is 1. The highest BCUT2D eigenvalue weighted by Crippen LogP contribution is 1.92. The Hall–Kier alpha value is -1.70. The van der Waals surface area contributed by atoms with Gasteiger partial charge in [0.25, 0.3) is 5.91 Å². The summed E-state index contributed by atoms with van der Waals surface area (Å²) in [5.74, 6) is 1.80. The molecule has 0 saturated heterocycles. The standard InChI is InChI=1S/C11H18N2O3/c1-4-6-7-8-12-10(14)9(5-2)13-11(15)16-3/h2,9H,4,6-8H2,1,3H3,(H,12,14)(H,13,15). The molecule has 0 rings (SSSR count). The highest BCUT2D eigenvalue weighted by Gasteiger charge is 2.17. The van der Waals surface area contributed by atoms with E-state index >= 15 is 0 Å². The first-order chi connectivity index (χ1) is 7.65. The van der Waals surface area contributed by atoms with Crippen LogP contribution in [0.1, 0.15) is 26.2 Å². The van der Waals surface area contributed by atoms with Crippen LogP contribution in [-0.4, -0.2) is 31.7 Å². The van der Waals surface area contributed by atoms with Crippen LogP contribution in [0.2, 0.25) is 0 Å². The van der Waals surface area contributed by atoms with Crippen LogP contribution in [0.25, 0.3) is 0 Å². The van der Waals surface area contributed by atoms with Gasteiger partial charge in [-0.3, -0.25) is 10.1 Å². The van der Waals surface area contributed by atoms with Crippen LogP contribution in [0.4, 0.5) is 4.79 Å². The molecular formula is C11H18N2O3. The van der Waals surface area contributed by atoms with E-state index in [1.54, 1.807) is 0 Å². The number of carbonyl (C=O) groups excluding carboxylic acids is 2. The third-order valence-electron chi connectivity index (χ3n) is 1.96. The van der Waals surface area contributed by atoms with Gasteiger partial charge in [0.2, 0.25) is 0 Å². The van der Waals surface area contributed by atoms with E-state index in [0.717, 1.165) is 19.3 Å². The minimum atomic E-state index is -0.978. The summed E-state index contributed by atoms with van der Waals surface area (Å²) in [5.41, 5.74) is 0. The van der Waals surface area contributed by atoms with Crippen molar-refractivity contribution in [1.82, 2.24) is 10.6 Å². The minimum absolute atomic E-state index is 0.385. The number of methoxy groups -OCH3 is 1. The molecule has 0 saturated carbocycles. The lowest BCUT2D eigenvalue weighted by molar-refractivity contribution is -0.121. The molecule has 16 heavy (non-hydrogen) atoms. The Morgan fingerprint density at radius 3 is 2.62 bits per heavy atom. The fourth-order valence-electron chi connectivity index (χ4n) is 1.05. The van der Waals surface area contributed by atoms with Gasteiger partial charge in [0.15, 0.2) is 6.04 Å². The fraction of sp³-hybridized carbons (Fsp3) is 0.636. The second-order valence-electron chi connectivity index (χ2n) is 3.23. The third-order valence-corrected chi connectivity index (χ3v) is 1.96. The first-order valence-electron chi connectivity index (χ1n) is 5.24. The van der Waals surface area contributed by atoms with Crippen molar-refractivity contribution in [3.8, 4) is 12.3 Å². The van der Waals surface area contributed by atoms with Crippen LogP contribution < -0.4 is 10.6 Å². The lowest BCUT2D eigenvalue weighted by Gasteiger charge is -2.12. The molecule has 0 aliphatic carbocycles. The molecule has 90 valence electrons. The van der Waals surface area contributed by atoms with Gasteiger partial charge < -0.3 is 10.1 Å². The Balaban J connectivity index is 3.93. The van der Waals surface area contributed by atoms with Gasteiger partial charge >= 0.3 is 6.09 Å². The van der Waals surface area contributed by atoms with Gasteiger partial charge in [-0.2, -0.15) is 0 Å². The average Bonchev–Trinajstić information content (AvgIpc) is 2.30. The van der Waals surface area contributed by atoms with E-state index < -0.39 is 12.1 Å². The number of carbonyl (C=O) groups is 2. The van der Waals surface area contributed by atoms with Crippen LogP contribution in [-0.2, 0) is 9.53 Å². The number of rotatable bonds is 6. The van der Waals surface area contributed by atoms with E-state index in [1.807, 2.05) is 0 Å². The van der Waals surface area contributed by atoms with Crippen LogP contribution in [0.5, 0.6) is 0 Å². The van der Waals surface area contributed by atoms with E-state index in [2.05, 4.69) is 28.2 Å². The molecule has 5 nitrogen and oxygen atoms in total. The zero-order valence-electron chi connectivity index (χ0n) is 9.71. The molecular weight excluding hydrogens is 208 g/mol. The molecule has 0 radical (unpaired) electrons. The van der Waals surface area contributed by atoms with Gasteiger partial charge in [-0.25, -0.2) is 4.79 Å². The number of nitrogens with one attached hydrogen (secondary N) is 2. The van der Waals surface area contributed by atoms with Crippen molar-refractivity contribution in [3.63, 3.8) is 0 Å². The topological polar surface area (TPSA) is 67.4 Å². The summed E-state index contributed by atoms with van der Waals surface area (Å²) >= 11 is 0. The maximum atomic E-state index is 11.5. The van der Waals surface area contributed by atoms with E-state index in [4.69, 9.17) is 6.42 Å². The second-order valence-corrected chi connectivity index (χ2v) is 3.23. The molecule has 0 spiro atoms. The highest BCUT2D eigenvalue weighted by atomic mass is 16.5. The molecule has 2 amide bonds. The summed E-state index contributed by atoms with van der Waals surface area (Å²) in [7, 11) is 1.21. The quantitative estimate of drug-likeness (QED) is 0.516. The zero-order valence-corrected chi connectivity index (χ0v) is 9.71. The summed E-state index contributed by atoms with van der Waals surface area (Å²) in [6, 6.07) is -0.978. The molecule has 2 N–H and O–H groups in total. The van der Waals surface area contributed by atoms with E-state index in [-0.39, 0.29) is 5.91 Å². The number of amides is 2. The Morgan fingerprint density at radius 2 is 2.12 bits per heavy atom. The molecule has 0 fully saturated rings. The van der Waals surface area contributed by atoms with Crippen LogP contribution in [0.15, 0.2) is 0 Å². The Labute approximate surface area is 95.9 Å². The normalized spacial score (nSPS) is 11.1. The molecule has 0 aromatic heterocycles. The number of terminal acetylenes is 1. The summed E-state index contributed by atoms with van der Waals surface area (Å²) in [5, 5.41) is 4.89. The van der Waals surface area contributed by atoms with Gasteiger partial charge in [0.1, 0.15) is 0 Å². The molecule has 0 heterocycles. The van der Waals surface area contributed by atoms with Crippen molar-refractivity contribution in [2.45, 2.75) is 32.2 Å². The van der Waals surface area contributed by atoms with Crippen molar-refractivity contribution in [2.24, 2.45) is 0 Å². The maximum Gasteiger partial charge on any atom is 0.408 e. The van der Waals surface area contributed by atoms with Crippen molar-refractivity contribution < 1.29 is 14.3 Å². The van der Waals surface area contributed by atoms with Gasteiger partial charge in [0, 0.05) is 6.54 Å². The summed E-state index contributed by atoms with van der Waals surface area (Å²) in [6.45, 7) is 2.64. The third kappa shape index (κ3) is 5.91.